The van der Waals surface area contributed by atoms with Gasteiger partial charge in [0.2, 0.25) is 6.41 Å². The Balaban J connectivity index is 2.58. The van der Waals surface area contributed by atoms with Gasteiger partial charge in [-0.1, -0.05) is 6.92 Å². The summed E-state index contributed by atoms with van der Waals surface area (Å²) in [6, 6.07) is 3.77. The highest BCUT2D eigenvalue weighted by atomic mass is 16.1. The van der Waals surface area contributed by atoms with Gasteiger partial charge in [0.1, 0.15) is 0 Å². The first-order valence-corrected chi connectivity index (χ1v) is 3.85. The van der Waals surface area contributed by atoms with Crippen molar-refractivity contribution in [3.05, 3.63) is 23.5 Å². The molecule has 0 saturated heterocycles. The first-order chi connectivity index (χ1) is 5.86. The number of amides is 1. The zero-order valence-corrected chi connectivity index (χ0v) is 6.95. The molecular formula is C8H11N3O. The number of rotatable bonds is 4. The lowest BCUT2D eigenvalue weighted by atomic mass is 10.3. The number of aromatic nitrogens is 2. The van der Waals surface area contributed by atoms with Gasteiger partial charge in [0.15, 0.2) is 0 Å². The molecule has 1 amide bonds. The van der Waals surface area contributed by atoms with Gasteiger partial charge in [-0.2, -0.15) is 10.2 Å². The van der Waals surface area contributed by atoms with Crippen molar-refractivity contribution in [3.8, 4) is 0 Å². The molecule has 1 aromatic heterocycles. The Morgan fingerprint density at radius 1 is 1.42 bits per heavy atom. The lowest BCUT2D eigenvalue weighted by molar-refractivity contribution is -0.109. The van der Waals surface area contributed by atoms with Crippen LogP contribution in [-0.4, -0.2) is 16.6 Å². The molecule has 0 spiro atoms. The molecule has 64 valence electrons. The van der Waals surface area contributed by atoms with Crippen LogP contribution in [0.25, 0.3) is 0 Å². The molecule has 0 radical (unpaired) electrons. The molecule has 0 bridgehead atoms. The highest BCUT2D eigenvalue weighted by molar-refractivity contribution is 5.45. The van der Waals surface area contributed by atoms with Gasteiger partial charge in [-0.25, -0.2) is 0 Å². The summed E-state index contributed by atoms with van der Waals surface area (Å²) in [6.45, 7) is 2.47. The molecule has 12 heavy (non-hydrogen) atoms. The fourth-order valence-electron chi connectivity index (χ4n) is 0.817. The molecule has 0 unspecified atom stereocenters. The van der Waals surface area contributed by atoms with Gasteiger partial charge >= 0.3 is 0 Å². The maximum Gasteiger partial charge on any atom is 0.207 e. The maximum absolute atomic E-state index is 9.94. The SMILES string of the molecule is CCc1ccc(CNC=O)nn1. The molecule has 1 heterocycles. The highest BCUT2D eigenvalue weighted by Crippen LogP contribution is 1.96. The Bertz CT molecular complexity index is 245. The van der Waals surface area contributed by atoms with E-state index in [2.05, 4.69) is 15.5 Å². The topological polar surface area (TPSA) is 54.9 Å². The van der Waals surface area contributed by atoms with Gasteiger partial charge in [0.25, 0.3) is 0 Å². The molecule has 0 aliphatic heterocycles. The van der Waals surface area contributed by atoms with E-state index in [1.165, 1.54) is 0 Å². The molecule has 1 aromatic rings. The first kappa shape index (κ1) is 8.64. The number of nitrogens with one attached hydrogen (secondary N) is 1. The summed E-state index contributed by atoms with van der Waals surface area (Å²) >= 11 is 0. The number of nitrogens with zero attached hydrogens (tertiary/aromatic N) is 2. The van der Waals surface area contributed by atoms with Crippen molar-refractivity contribution in [2.45, 2.75) is 19.9 Å². The van der Waals surface area contributed by atoms with Crippen LogP contribution < -0.4 is 5.32 Å². The van der Waals surface area contributed by atoms with Crippen LogP contribution in [0, 0.1) is 0 Å². The quantitative estimate of drug-likeness (QED) is 0.652. The Morgan fingerprint density at radius 2 is 2.08 bits per heavy atom. The van der Waals surface area contributed by atoms with Gasteiger partial charge in [-0.3, -0.25) is 4.79 Å². The number of hydrogen-bond acceptors (Lipinski definition) is 3. The van der Waals surface area contributed by atoms with Crippen LogP contribution in [0.15, 0.2) is 12.1 Å². The average molecular weight is 165 g/mol. The molecule has 0 aromatic carbocycles. The van der Waals surface area contributed by atoms with Crippen molar-refractivity contribution < 1.29 is 4.79 Å². The van der Waals surface area contributed by atoms with Crippen LogP contribution in [0.2, 0.25) is 0 Å². The fourth-order valence-corrected chi connectivity index (χ4v) is 0.817. The third-order valence-electron chi connectivity index (χ3n) is 1.50. The van der Waals surface area contributed by atoms with Crippen LogP contribution in [0.5, 0.6) is 0 Å². The normalized spacial score (nSPS) is 9.42. The molecule has 4 heteroatoms. The minimum absolute atomic E-state index is 0.445. The summed E-state index contributed by atoms with van der Waals surface area (Å²) in [5, 5.41) is 10.4. The van der Waals surface area contributed by atoms with E-state index >= 15 is 0 Å². The van der Waals surface area contributed by atoms with E-state index in [-0.39, 0.29) is 0 Å². The largest absolute Gasteiger partial charge is 0.353 e. The van der Waals surface area contributed by atoms with Crippen molar-refractivity contribution in [2.24, 2.45) is 0 Å². The van der Waals surface area contributed by atoms with Crippen molar-refractivity contribution in [1.82, 2.24) is 15.5 Å². The molecule has 1 N–H and O–H groups in total. The number of carbonyl (C=O) groups excluding carboxylic acids is 1. The number of hydrogen-bond donors (Lipinski definition) is 1. The predicted molar refractivity (Wildman–Crippen MR) is 44.3 cm³/mol. The Kier molecular flexibility index (Phi) is 3.19. The minimum Gasteiger partial charge on any atom is -0.353 e. The second kappa shape index (κ2) is 4.43. The molecule has 0 atom stereocenters. The Labute approximate surface area is 71.0 Å². The van der Waals surface area contributed by atoms with Crippen LogP contribution >= 0.6 is 0 Å². The summed E-state index contributed by atoms with van der Waals surface area (Å²) < 4.78 is 0. The van der Waals surface area contributed by atoms with Crippen LogP contribution in [0.3, 0.4) is 0 Å². The van der Waals surface area contributed by atoms with Crippen molar-refractivity contribution >= 4 is 6.41 Å². The first-order valence-electron chi connectivity index (χ1n) is 3.85. The van der Waals surface area contributed by atoms with E-state index in [1.54, 1.807) is 0 Å². The zero-order valence-electron chi connectivity index (χ0n) is 6.95. The fraction of sp³-hybridized carbons (Fsp3) is 0.375. The molecule has 1 rings (SSSR count). The maximum atomic E-state index is 9.94. The van der Waals surface area contributed by atoms with E-state index in [1.807, 2.05) is 19.1 Å². The summed E-state index contributed by atoms with van der Waals surface area (Å²) in [5.41, 5.74) is 1.74. The van der Waals surface area contributed by atoms with Crippen molar-refractivity contribution in [1.29, 1.82) is 0 Å². The van der Waals surface area contributed by atoms with Crippen LogP contribution in [0.4, 0.5) is 0 Å². The second-order valence-corrected chi connectivity index (χ2v) is 2.37. The van der Waals surface area contributed by atoms with Gasteiger partial charge in [0.05, 0.1) is 17.9 Å². The Hall–Kier alpha value is -1.45. The van der Waals surface area contributed by atoms with Crippen LogP contribution in [0.1, 0.15) is 18.3 Å². The van der Waals surface area contributed by atoms with Gasteiger partial charge < -0.3 is 5.32 Å². The van der Waals surface area contributed by atoms with Gasteiger partial charge in [-0.15, -0.1) is 0 Å². The predicted octanol–water partition coefficient (Wildman–Crippen LogP) is 0.285. The van der Waals surface area contributed by atoms with E-state index in [9.17, 15) is 4.79 Å². The smallest absolute Gasteiger partial charge is 0.207 e. The summed E-state index contributed by atoms with van der Waals surface area (Å²) in [4.78, 5) is 9.94. The van der Waals surface area contributed by atoms with Gasteiger partial charge in [0, 0.05) is 0 Å². The van der Waals surface area contributed by atoms with Crippen molar-refractivity contribution in [2.75, 3.05) is 0 Å². The number of carbonyl (C=O) groups is 1. The van der Waals surface area contributed by atoms with E-state index in [0.717, 1.165) is 17.8 Å². The molecular weight excluding hydrogens is 154 g/mol. The van der Waals surface area contributed by atoms with Crippen molar-refractivity contribution in [3.63, 3.8) is 0 Å². The lowest BCUT2D eigenvalue weighted by Gasteiger charge is -1.98. The van der Waals surface area contributed by atoms with Crippen LogP contribution in [-0.2, 0) is 17.8 Å². The second-order valence-electron chi connectivity index (χ2n) is 2.37. The van der Waals surface area contributed by atoms with E-state index < -0.39 is 0 Å². The summed E-state index contributed by atoms with van der Waals surface area (Å²) in [7, 11) is 0. The summed E-state index contributed by atoms with van der Waals surface area (Å²) in [5.74, 6) is 0. The third kappa shape index (κ3) is 2.30. The zero-order chi connectivity index (χ0) is 8.81. The summed E-state index contributed by atoms with van der Waals surface area (Å²) in [6.07, 6.45) is 1.53. The van der Waals surface area contributed by atoms with E-state index in [0.29, 0.717) is 13.0 Å². The molecule has 0 fully saturated rings. The monoisotopic (exact) mass is 165 g/mol. The van der Waals surface area contributed by atoms with E-state index in [4.69, 9.17) is 0 Å². The molecule has 0 saturated carbocycles. The Morgan fingerprint density at radius 3 is 2.58 bits per heavy atom. The third-order valence-corrected chi connectivity index (χ3v) is 1.50. The minimum atomic E-state index is 0.445. The molecule has 4 nitrogen and oxygen atoms in total. The van der Waals surface area contributed by atoms with Gasteiger partial charge in [-0.05, 0) is 18.6 Å². The average Bonchev–Trinajstić information content (AvgIpc) is 2.15. The molecule has 0 aliphatic carbocycles. The highest BCUT2D eigenvalue weighted by Gasteiger charge is 1.94. The lowest BCUT2D eigenvalue weighted by Crippen LogP contribution is -2.11. The number of aryl methyl sites for hydroxylation is 1. The standard InChI is InChI=1S/C8H11N3O/c1-2-7-3-4-8(11-10-7)5-9-6-12/h3-4,6H,2,5H2,1H3,(H,9,12). The molecule has 0 aliphatic rings.